The van der Waals surface area contributed by atoms with E-state index in [1.54, 1.807) is 23.2 Å². The van der Waals surface area contributed by atoms with Gasteiger partial charge in [0, 0.05) is 19.3 Å². The fourth-order valence-electron chi connectivity index (χ4n) is 2.95. The fourth-order valence-corrected chi connectivity index (χ4v) is 2.95. The molecule has 3 aromatic rings. The molecule has 1 unspecified atom stereocenters. The van der Waals surface area contributed by atoms with Gasteiger partial charge in [-0.2, -0.15) is 14.8 Å². The molecule has 9 nitrogen and oxygen atoms in total. The molecule has 0 spiro atoms. The van der Waals surface area contributed by atoms with Gasteiger partial charge in [-0.15, -0.1) is 5.10 Å². The summed E-state index contributed by atoms with van der Waals surface area (Å²) in [7, 11) is 0. The molecule has 4 rings (SSSR count). The van der Waals surface area contributed by atoms with Crippen LogP contribution in [0.25, 0.3) is 5.52 Å². The highest BCUT2D eigenvalue weighted by atomic mass is 16.4. The highest BCUT2D eigenvalue weighted by Crippen LogP contribution is 2.26. The predicted molar refractivity (Wildman–Crippen MR) is 78.0 cm³/mol. The zero-order valence-corrected chi connectivity index (χ0v) is 12.2. The van der Waals surface area contributed by atoms with Crippen LogP contribution in [-0.2, 0) is 0 Å². The number of carbonyl (C=O) groups is 1. The van der Waals surface area contributed by atoms with E-state index in [1.165, 1.54) is 10.8 Å². The predicted octanol–water partition coefficient (Wildman–Crippen LogP) is 0.425. The first kappa shape index (κ1) is 13.7. The SMILES string of the molecule is O=C(c1cnn2ncccc12)N1CCCC(c2n[nH]c(=O)o2)C1. The lowest BCUT2D eigenvalue weighted by atomic mass is 9.97. The number of carbonyl (C=O) groups excluding carboxylic acids is 1. The van der Waals surface area contributed by atoms with Crippen LogP contribution >= 0.6 is 0 Å². The van der Waals surface area contributed by atoms with E-state index in [-0.39, 0.29) is 11.8 Å². The minimum Gasteiger partial charge on any atom is -0.392 e. The maximum absolute atomic E-state index is 12.8. The van der Waals surface area contributed by atoms with Crippen LogP contribution in [0.5, 0.6) is 0 Å². The summed E-state index contributed by atoms with van der Waals surface area (Å²) in [5, 5.41) is 14.3. The number of nitrogens with zero attached hydrogens (tertiary/aromatic N) is 5. The van der Waals surface area contributed by atoms with E-state index in [0.29, 0.717) is 30.1 Å². The Balaban J connectivity index is 1.59. The fraction of sp³-hybridized carbons (Fsp3) is 0.357. The van der Waals surface area contributed by atoms with E-state index in [0.717, 1.165) is 12.8 Å². The second-order valence-corrected chi connectivity index (χ2v) is 5.50. The molecular weight excluding hydrogens is 300 g/mol. The maximum Gasteiger partial charge on any atom is 0.434 e. The smallest absolute Gasteiger partial charge is 0.392 e. The number of H-pyrrole nitrogens is 1. The summed E-state index contributed by atoms with van der Waals surface area (Å²) < 4.78 is 6.46. The minimum atomic E-state index is -0.572. The van der Waals surface area contributed by atoms with E-state index in [4.69, 9.17) is 4.42 Å². The molecule has 1 N–H and O–H groups in total. The molecule has 9 heteroatoms. The van der Waals surface area contributed by atoms with Gasteiger partial charge >= 0.3 is 5.76 Å². The lowest BCUT2D eigenvalue weighted by molar-refractivity contribution is 0.0699. The summed E-state index contributed by atoms with van der Waals surface area (Å²) >= 11 is 0. The highest BCUT2D eigenvalue weighted by molar-refractivity contribution is 6.00. The monoisotopic (exact) mass is 314 g/mol. The van der Waals surface area contributed by atoms with Gasteiger partial charge in [-0.1, -0.05) is 0 Å². The van der Waals surface area contributed by atoms with Crippen molar-refractivity contribution in [3.05, 3.63) is 46.5 Å². The summed E-state index contributed by atoms with van der Waals surface area (Å²) in [6.07, 6.45) is 4.80. The van der Waals surface area contributed by atoms with Crippen molar-refractivity contribution in [3.63, 3.8) is 0 Å². The molecule has 1 amide bonds. The third kappa shape index (κ3) is 2.39. The number of hydrogen-bond donors (Lipinski definition) is 1. The Bertz CT molecular complexity index is 910. The number of nitrogens with one attached hydrogen (secondary N) is 1. The first-order valence-corrected chi connectivity index (χ1v) is 7.36. The second kappa shape index (κ2) is 5.34. The molecular formula is C14H14N6O3. The minimum absolute atomic E-state index is 0.0772. The Labute approximate surface area is 129 Å². The van der Waals surface area contributed by atoms with Gasteiger partial charge in [-0.25, -0.2) is 9.89 Å². The van der Waals surface area contributed by atoms with Crippen LogP contribution in [-0.4, -0.2) is 48.9 Å². The number of piperidine rings is 1. The van der Waals surface area contributed by atoms with E-state index in [9.17, 15) is 9.59 Å². The Morgan fingerprint density at radius 2 is 2.30 bits per heavy atom. The number of aromatic nitrogens is 5. The molecule has 23 heavy (non-hydrogen) atoms. The molecule has 0 aromatic carbocycles. The molecule has 118 valence electrons. The van der Waals surface area contributed by atoms with Gasteiger partial charge in [-0.3, -0.25) is 4.79 Å². The molecule has 0 radical (unpaired) electrons. The van der Waals surface area contributed by atoms with Crippen molar-refractivity contribution in [1.29, 1.82) is 0 Å². The van der Waals surface area contributed by atoms with Crippen molar-refractivity contribution < 1.29 is 9.21 Å². The standard InChI is InChI=1S/C14H14N6O3/c21-13(10-7-16-20-11(10)4-1-5-15-20)19-6-2-3-9(8-19)12-17-18-14(22)23-12/h1,4-5,7,9H,2-3,6,8H2,(H,18,22). The average molecular weight is 314 g/mol. The lowest BCUT2D eigenvalue weighted by Gasteiger charge is -2.30. The molecule has 1 saturated heterocycles. The van der Waals surface area contributed by atoms with Crippen LogP contribution in [0.4, 0.5) is 0 Å². The van der Waals surface area contributed by atoms with Crippen LogP contribution in [0, 0.1) is 0 Å². The Kier molecular flexibility index (Phi) is 3.18. The third-order valence-corrected chi connectivity index (χ3v) is 4.05. The van der Waals surface area contributed by atoms with E-state index in [1.807, 2.05) is 0 Å². The van der Waals surface area contributed by atoms with Crippen LogP contribution < -0.4 is 5.76 Å². The maximum atomic E-state index is 12.8. The van der Waals surface area contributed by atoms with Crippen LogP contribution in [0.1, 0.15) is 35.0 Å². The normalized spacial score (nSPS) is 18.4. The van der Waals surface area contributed by atoms with Gasteiger partial charge in [0.25, 0.3) is 5.91 Å². The molecule has 0 bridgehead atoms. The van der Waals surface area contributed by atoms with E-state index < -0.39 is 5.76 Å². The first-order valence-electron chi connectivity index (χ1n) is 7.36. The van der Waals surface area contributed by atoms with Gasteiger partial charge in [0.15, 0.2) is 0 Å². The Morgan fingerprint density at radius 3 is 3.13 bits per heavy atom. The molecule has 0 aliphatic carbocycles. The largest absolute Gasteiger partial charge is 0.434 e. The Hall–Kier alpha value is -2.97. The lowest BCUT2D eigenvalue weighted by Crippen LogP contribution is -2.39. The van der Waals surface area contributed by atoms with Crippen molar-refractivity contribution in [2.45, 2.75) is 18.8 Å². The summed E-state index contributed by atoms with van der Waals surface area (Å²) in [5.41, 5.74) is 1.19. The van der Waals surface area contributed by atoms with Crippen molar-refractivity contribution in [2.24, 2.45) is 0 Å². The summed E-state index contributed by atoms with van der Waals surface area (Å²) in [6, 6.07) is 3.58. The molecule has 1 fully saturated rings. The number of likely N-dealkylation sites (tertiary alicyclic amines) is 1. The number of fused-ring (bicyclic) bond motifs is 1. The van der Waals surface area contributed by atoms with Gasteiger partial charge in [0.2, 0.25) is 5.89 Å². The van der Waals surface area contributed by atoms with Gasteiger partial charge in [-0.05, 0) is 25.0 Å². The summed E-state index contributed by atoms with van der Waals surface area (Å²) in [5.74, 6) is -0.395. The molecule has 1 aliphatic rings. The van der Waals surface area contributed by atoms with Gasteiger partial charge < -0.3 is 9.32 Å². The van der Waals surface area contributed by atoms with E-state index in [2.05, 4.69) is 20.4 Å². The van der Waals surface area contributed by atoms with Gasteiger partial charge in [0.05, 0.1) is 17.7 Å². The number of rotatable bonds is 2. The molecule has 4 heterocycles. The van der Waals surface area contributed by atoms with Crippen molar-refractivity contribution in [3.8, 4) is 0 Å². The van der Waals surface area contributed by atoms with E-state index >= 15 is 0 Å². The van der Waals surface area contributed by atoms with Crippen molar-refractivity contribution >= 4 is 11.4 Å². The second-order valence-electron chi connectivity index (χ2n) is 5.50. The number of hydrogen-bond acceptors (Lipinski definition) is 6. The third-order valence-electron chi connectivity index (χ3n) is 4.05. The molecule has 1 aliphatic heterocycles. The first-order chi connectivity index (χ1) is 11.2. The van der Waals surface area contributed by atoms with Crippen LogP contribution in [0.3, 0.4) is 0 Å². The zero-order chi connectivity index (χ0) is 15.8. The summed E-state index contributed by atoms with van der Waals surface area (Å²) in [4.78, 5) is 25.6. The topological polar surface area (TPSA) is 109 Å². The number of amides is 1. The van der Waals surface area contributed by atoms with Crippen LogP contribution in [0.2, 0.25) is 0 Å². The highest BCUT2D eigenvalue weighted by Gasteiger charge is 2.29. The quantitative estimate of drug-likeness (QED) is 0.734. The van der Waals surface area contributed by atoms with Gasteiger partial charge in [0.1, 0.15) is 5.52 Å². The summed E-state index contributed by atoms with van der Waals surface area (Å²) in [6.45, 7) is 1.12. The zero-order valence-electron chi connectivity index (χ0n) is 12.2. The average Bonchev–Trinajstić information content (AvgIpc) is 3.20. The van der Waals surface area contributed by atoms with Crippen molar-refractivity contribution in [2.75, 3.05) is 13.1 Å². The van der Waals surface area contributed by atoms with Crippen LogP contribution in [0.15, 0.2) is 33.7 Å². The number of aromatic amines is 1. The molecule has 0 saturated carbocycles. The molecule has 1 atom stereocenters. The molecule has 3 aromatic heterocycles. The Morgan fingerprint density at radius 1 is 1.39 bits per heavy atom. The van der Waals surface area contributed by atoms with Crippen molar-refractivity contribution in [1.82, 2.24) is 29.9 Å².